The van der Waals surface area contributed by atoms with Gasteiger partial charge >= 0.3 is 0 Å². The van der Waals surface area contributed by atoms with E-state index in [0.29, 0.717) is 28.3 Å². The maximum absolute atomic E-state index is 13.3. The molecule has 8 heteroatoms. The van der Waals surface area contributed by atoms with E-state index in [2.05, 4.69) is 15.5 Å². The van der Waals surface area contributed by atoms with E-state index in [9.17, 15) is 9.59 Å². The summed E-state index contributed by atoms with van der Waals surface area (Å²) >= 11 is 1.59. The standard InChI is InChI=1S/C24H22N4O3S/c1-15-12-16(2)28(14-20(29)25-18-10-7-11-19(13-18)32-3)24(30)21(15)23-26-22(27-31-23)17-8-5-4-6-9-17/h4-13H,14H2,1-3H3,(H,25,29). The van der Waals surface area contributed by atoms with Gasteiger partial charge in [-0.2, -0.15) is 4.98 Å². The van der Waals surface area contributed by atoms with Crippen LogP contribution in [0.2, 0.25) is 0 Å². The van der Waals surface area contributed by atoms with Crippen molar-refractivity contribution in [3.05, 3.63) is 82.3 Å². The van der Waals surface area contributed by atoms with Crippen LogP contribution in [-0.4, -0.2) is 26.9 Å². The number of rotatable bonds is 6. The molecule has 0 aliphatic rings. The average Bonchev–Trinajstić information content (AvgIpc) is 3.27. The van der Waals surface area contributed by atoms with Crippen molar-refractivity contribution in [1.29, 1.82) is 0 Å². The molecule has 0 saturated carbocycles. The number of carbonyl (C=O) groups excluding carboxylic acids is 1. The highest BCUT2D eigenvalue weighted by Gasteiger charge is 2.20. The van der Waals surface area contributed by atoms with Crippen molar-refractivity contribution in [1.82, 2.24) is 14.7 Å². The van der Waals surface area contributed by atoms with Gasteiger partial charge in [0, 0.05) is 21.8 Å². The molecule has 0 aliphatic carbocycles. The zero-order valence-electron chi connectivity index (χ0n) is 18.0. The van der Waals surface area contributed by atoms with Crippen LogP contribution in [0, 0.1) is 13.8 Å². The lowest BCUT2D eigenvalue weighted by molar-refractivity contribution is -0.116. The lowest BCUT2D eigenvalue weighted by Crippen LogP contribution is -2.30. The van der Waals surface area contributed by atoms with Crippen molar-refractivity contribution in [3.63, 3.8) is 0 Å². The molecular formula is C24H22N4O3S. The Morgan fingerprint density at radius 3 is 2.62 bits per heavy atom. The van der Waals surface area contributed by atoms with E-state index in [1.54, 1.807) is 18.7 Å². The molecule has 4 rings (SSSR count). The van der Waals surface area contributed by atoms with Crippen LogP contribution in [0.15, 0.2) is 74.9 Å². The second-order valence-electron chi connectivity index (χ2n) is 7.30. The third kappa shape index (κ3) is 4.50. The Labute approximate surface area is 189 Å². The molecule has 0 unspecified atom stereocenters. The number of nitrogens with one attached hydrogen (secondary N) is 1. The van der Waals surface area contributed by atoms with Gasteiger partial charge in [0.2, 0.25) is 11.7 Å². The smallest absolute Gasteiger partial charge is 0.264 e. The first-order valence-electron chi connectivity index (χ1n) is 10.0. The van der Waals surface area contributed by atoms with Gasteiger partial charge in [-0.3, -0.25) is 9.59 Å². The first-order valence-corrected chi connectivity index (χ1v) is 11.2. The van der Waals surface area contributed by atoms with E-state index in [1.165, 1.54) is 4.57 Å². The molecule has 1 N–H and O–H groups in total. The maximum atomic E-state index is 13.3. The minimum atomic E-state index is -0.348. The van der Waals surface area contributed by atoms with Gasteiger partial charge in [-0.15, -0.1) is 11.8 Å². The predicted molar refractivity (Wildman–Crippen MR) is 126 cm³/mol. The van der Waals surface area contributed by atoms with Gasteiger partial charge in [-0.25, -0.2) is 0 Å². The molecule has 0 saturated heterocycles. The molecular weight excluding hydrogens is 424 g/mol. The van der Waals surface area contributed by atoms with E-state index in [1.807, 2.05) is 73.8 Å². The molecule has 2 heterocycles. The van der Waals surface area contributed by atoms with Gasteiger partial charge in [-0.1, -0.05) is 41.6 Å². The van der Waals surface area contributed by atoms with Crippen molar-refractivity contribution in [2.24, 2.45) is 0 Å². The quantitative estimate of drug-likeness (QED) is 0.437. The van der Waals surface area contributed by atoms with Crippen molar-refractivity contribution >= 4 is 23.4 Å². The number of hydrogen-bond donors (Lipinski definition) is 1. The summed E-state index contributed by atoms with van der Waals surface area (Å²) in [6, 6.07) is 18.8. The van der Waals surface area contributed by atoms with Gasteiger partial charge in [0.25, 0.3) is 11.4 Å². The zero-order valence-corrected chi connectivity index (χ0v) is 18.8. The monoisotopic (exact) mass is 446 g/mol. The molecule has 0 aliphatic heterocycles. The normalized spacial score (nSPS) is 10.8. The summed E-state index contributed by atoms with van der Waals surface area (Å²) in [6.45, 7) is 3.48. The summed E-state index contributed by atoms with van der Waals surface area (Å²) in [5.74, 6) is 0.241. The zero-order chi connectivity index (χ0) is 22.7. The summed E-state index contributed by atoms with van der Waals surface area (Å²) in [7, 11) is 0. The van der Waals surface area contributed by atoms with Crippen molar-refractivity contribution in [2.75, 3.05) is 11.6 Å². The van der Waals surface area contributed by atoms with Crippen LogP contribution in [0.4, 0.5) is 5.69 Å². The molecule has 0 radical (unpaired) electrons. The second kappa shape index (κ2) is 9.23. The van der Waals surface area contributed by atoms with Gasteiger partial charge in [-0.05, 0) is 49.9 Å². The van der Waals surface area contributed by atoms with Crippen LogP contribution in [-0.2, 0) is 11.3 Å². The molecule has 162 valence electrons. The molecule has 32 heavy (non-hydrogen) atoms. The van der Waals surface area contributed by atoms with Crippen LogP contribution >= 0.6 is 11.8 Å². The molecule has 0 bridgehead atoms. The number of thioether (sulfide) groups is 1. The molecule has 2 aromatic carbocycles. The van der Waals surface area contributed by atoms with Gasteiger partial charge in [0.05, 0.1) is 0 Å². The fourth-order valence-corrected chi connectivity index (χ4v) is 3.92. The largest absolute Gasteiger partial charge is 0.333 e. The number of pyridine rings is 1. The third-order valence-electron chi connectivity index (χ3n) is 5.03. The number of aromatic nitrogens is 3. The van der Waals surface area contributed by atoms with Gasteiger partial charge in [0.15, 0.2) is 0 Å². The topological polar surface area (TPSA) is 90.0 Å². The molecule has 1 amide bonds. The Morgan fingerprint density at radius 1 is 1.09 bits per heavy atom. The number of anilines is 1. The van der Waals surface area contributed by atoms with Crippen molar-refractivity contribution in [2.45, 2.75) is 25.3 Å². The van der Waals surface area contributed by atoms with Crippen LogP contribution in [0.25, 0.3) is 22.8 Å². The Kier molecular flexibility index (Phi) is 6.23. The average molecular weight is 447 g/mol. The molecule has 0 spiro atoms. The summed E-state index contributed by atoms with van der Waals surface area (Å²) < 4.78 is 6.83. The number of benzene rings is 2. The minimum Gasteiger partial charge on any atom is -0.333 e. The number of hydrogen-bond acceptors (Lipinski definition) is 6. The summed E-state index contributed by atoms with van der Waals surface area (Å²) in [4.78, 5) is 31.4. The number of aryl methyl sites for hydroxylation is 2. The molecule has 4 aromatic rings. The van der Waals surface area contributed by atoms with Crippen LogP contribution in [0.3, 0.4) is 0 Å². The molecule has 0 fully saturated rings. The lowest BCUT2D eigenvalue weighted by Gasteiger charge is -2.13. The van der Waals surface area contributed by atoms with E-state index >= 15 is 0 Å². The fourth-order valence-electron chi connectivity index (χ4n) is 3.46. The first kappa shape index (κ1) is 21.6. The van der Waals surface area contributed by atoms with E-state index in [-0.39, 0.29) is 23.9 Å². The Bertz CT molecular complexity index is 1330. The number of amides is 1. The van der Waals surface area contributed by atoms with E-state index in [4.69, 9.17) is 4.52 Å². The van der Waals surface area contributed by atoms with Gasteiger partial charge < -0.3 is 14.4 Å². The Morgan fingerprint density at radius 2 is 1.88 bits per heavy atom. The van der Waals surface area contributed by atoms with Crippen molar-refractivity contribution < 1.29 is 9.32 Å². The number of nitrogens with zero attached hydrogens (tertiary/aromatic N) is 3. The van der Waals surface area contributed by atoms with Crippen LogP contribution in [0.1, 0.15) is 11.3 Å². The SMILES string of the molecule is CSc1cccc(NC(=O)Cn2c(C)cc(C)c(-c3nc(-c4ccccc4)no3)c2=O)c1. The van der Waals surface area contributed by atoms with Crippen LogP contribution < -0.4 is 10.9 Å². The first-order chi connectivity index (χ1) is 15.5. The molecule has 2 aromatic heterocycles. The highest BCUT2D eigenvalue weighted by molar-refractivity contribution is 7.98. The summed E-state index contributed by atoms with van der Waals surface area (Å²) in [5.41, 5.74) is 2.80. The van der Waals surface area contributed by atoms with Crippen LogP contribution in [0.5, 0.6) is 0 Å². The van der Waals surface area contributed by atoms with E-state index < -0.39 is 0 Å². The Hall–Kier alpha value is -3.65. The third-order valence-corrected chi connectivity index (χ3v) is 5.76. The second-order valence-corrected chi connectivity index (χ2v) is 8.18. The van der Waals surface area contributed by atoms with Crippen molar-refractivity contribution in [3.8, 4) is 22.8 Å². The molecule has 7 nitrogen and oxygen atoms in total. The summed E-state index contributed by atoms with van der Waals surface area (Å²) in [6.07, 6.45) is 1.97. The summed E-state index contributed by atoms with van der Waals surface area (Å²) in [5, 5.41) is 6.87. The lowest BCUT2D eigenvalue weighted by atomic mass is 10.1. The Balaban J connectivity index is 1.63. The van der Waals surface area contributed by atoms with Gasteiger partial charge in [0.1, 0.15) is 12.1 Å². The fraction of sp³-hybridized carbons (Fsp3) is 0.167. The minimum absolute atomic E-state index is 0.124. The predicted octanol–water partition coefficient (Wildman–Crippen LogP) is 4.54. The highest BCUT2D eigenvalue weighted by Crippen LogP contribution is 2.23. The highest BCUT2D eigenvalue weighted by atomic mass is 32.2. The number of carbonyl (C=O) groups is 1. The maximum Gasteiger partial charge on any atom is 0.264 e. The molecule has 0 atom stereocenters. The van der Waals surface area contributed by atoms with E-state index in [0.717, 1.165) is 10.5 Å².